The van der Waals surface area contributed by atoms with E-state index in [9.17, 15) is 5.11 Å². The van der Waals surface area contributed by atoms with E-state index in [1.165, 1.54) is 32.1 Å². The standard InChI is InChI=1S/C17H36N2O/c1-5-9-19(10-11-20)14-17(13-18-15(2)3)8-6-7-16(4)12-17/h15-16,18,20H,5-14H2,1-4H3. The van der Waals surface area contributed by atoms with Gasteiger partial charge >= 0.3 is 0 Å². The number of hydrogen-bond donors (Lipinski definition) is 2. The smallest absolute Gasteiger partial charge is 0.0558 e. The zero-order valence-corrected chi connectivity index (χ0v) is 14.1. The van der Waals surface area contributed by atoms with Gasteiger partial charge in [0.15, 0.2) is 0 Å². The maximum Gasteiger partial charge on any atom is 0.0558 e. The molecule has 0 aromatic rings. The van der Waals surface area contributed by atoms with Crippen LogP contribution in [0.2, 0.25) is 0 Å². The summed E-state index contributed by atoms with van der Waals surface area (Å²) in [6.07, 6.45) is 6.58. The van der Waals surface area contributed by atoms with Crippen LogP contribution in [0.3, 0.4) is 0 Å². The highest BCUT2D eigenvalue weighted by molar-refractivity contribution is 4.90. The zero-order chi connectivity index (χ0) is 15.0. The monoisotopic (exact) mass is 284 g/mol. The van der Waals surface area contributed by atoms with Gasteiger partial charge in [-0.15, -0.1) is 0 Å². The Labute approximate surface area is 126 Å². The predicted molar refractivity (Wildman–Crippen MR) is 87.0 cm³/mol. The van der Waals surface area contributed by atoms with Crippen LogP contribution in [0.25, 0.3) is 0 Å². The molecule has 3 nitrogen and oxygen atoms in total. The molecule has 0 aromatic heterocycles. The minimum atomic E-state index is 0.281. The molecular weight excluding hydrogens is 248 g/mol. The van der Waals surface area contributed by atoms with Crippen molar-refractivity contribution in [2.75, 3.05) is 32.8 Å². The third kappa shape index (κ3) is 6.11. The van der Waals surface area contributed by atoms with Crippen LogP contribution in [-0.4, -0.2) is 48.8 Å². The summed E-state index contributed by atoms with van der Waals surface area (Å²) in [5.74, 6) is 0.843. The van der Waals surface area contributed by atoms with E-state index in [1.807, 2.05) is 0 Å². The Morgan fingerprint density at radius 2 is 2.10 bits per heavy atom. The Morgan fingerprint density at radius 3 is 2.65 bits per heavy atom. The Bertz CT molecular complexity index is 251. The lowest BCUT2D eigenvalue weighted by atomic mass is 9.69. The predicted octanol–water partition coefficient (Wildman–Crippen LogP) is 2.89. The quantitative estimate of drug-likeness (QED) is 0.683. The lowest BCUT2D eigenvalue weighted by Gasteiger charge is -2.44. The van der Waals surface area contributed by atoms with Gasteiger partial charge in [0.25, 0.3) is 0 Å². The van der Waals surface area contributed by atoms with Gasteiger partial charge in [-0.3, -0.25) is 0 Å². The van der Waals surface area contributed by atoms with Crippen molar-refractivity contribution in [3.63, 3.8) is 0 Å². The Hall–Kier alpha value is -0.120. The fourth-order valence-corrected chi connectivity index (χ4v) is 3.75. The van der Waals surface area contributed by atoms with Crippen LogP contribution in [0.1, 0.15) is 59.8 Å². The normalized spacial score (nSPS) is 27.4. The summed E-state index contributed by atoms with van der Waals surface area (Å²) in [6, 6.07) is 0.557. The van der Waals surface area contributed by atoms with Crippen LogP contribution in [0.15, 0.2) is 0 Å². The van der Waals surface area contributed by atoms with Crippen molar-refractivity contribution in [1.29, 1.82) is 0 Å². The number of aliphatic hydroxyl groups excluding tert-OH is 1. The zero-order valence-electron chi connectivity index (χ0n) is 14.1. The third-order valence-corrected chi connectivity index (χ3v) is 4.59. The number of aliphatic hydroxyl groups is 1. The first kappa shape index (κ1) is 17.9. The van der Waals surface area contributed by atoms with E-state index in [0.29, 0.717) is 11.5 Å². The second kappa shape index (κ2) is 9.01. The van der Waals surface area contributed by atoms with Gasteiger partial charge in [-0.1, -0.05) is 40.5 Å². The van der Waals surface area contributed by atoms with Crippen molar-refractivity contribution in [2.24, 2.45) is 11.3 Å². The van der Waals surface area contributed by atoms with Gasteiger partial charge in [-0.05, 0) is 37.1 Å². The molecule has 2 unspecified atom stereocenters. The molecule has 1 aliphatic carbocycles. The molecule has 0 spiro atoms. The summed E-state index contributed by atoms with van der Waals surface area (Å²) >= 11 is 0. The first-order valence-corrected chi connectivity index (χ1v) is 8.58. The molecule has 1 aliphatic rings. The molecule has 0 aliphatic heterocycles. The molecule has 0 amide bonds. The highest BCUT2D eigenvalue weighted by atomic mass is 16.3. The lowest BCUT2D eigenvalue weighted by Crippen LogP contribution is -2.48. The average molecular weight is 284 g/mol. The largest absolute Gasteiger partial charge is 0.395 e. The summed E-state index contributed by atoms with van der Waals surface area (Å²) < 4.78 is 0. The lowest BCUT2D eigenvalue weighted by molar-refractivity contribution is 0.0687. The van der Waals surface area contributed by atoms with Crippen molar-refractivity contribution in [2.45, 2.75) is 65.8 Å². The highest BCUT2D eigenvalue weighted by Crippen LogP contribution is 2.39. The number of nitrogens with zero attached hydrogens (tertiary/aromatic N) is 1. The molecule has 1 fully saturated rings. The molecule has 3 heteroatoms. The second-order valence-corrected chi connectivity index (χ2v) is 7.24. The molecule has 1 rings (SSSR count). The molecule has 0 bridgehead atoms. The van der Waals surface area contributed by atoms with Crippen LogP contribution >= 0.6 is 0 Å². The Morgan fingerprint density at radius 1 is 1.35 bits per heavy atom. The molecule has 120 valence electrons. The van der Waals surface area contributed by atoms with Crippen molar-refractivity contribution in [3.05, 3.63) is 0 Å². The molecule has 1 saturated carbocycles. The number of nitrogens with one attached hydrogen (secondary N) is 1. The van der Waals surface area contributed by atoms with E-state index in [4.69, 9.17) is 0 Å². The summed E-state index contributed by atoms with van der Waals surface area (Å²) in [4.78, 5) is 2.47. The molecule has 0 heterocycles. The molecule has 0 saturated heterocycles. The maximum atomic E-state index is 9.29. The van der Waals surface area contributed by atoms with Gasteiger partial charge in [0.2, 0.25) is 0 Å². The Balaban J connectivity index is 2.69. The van der Waals surface area contributed by atoms with Crippen molar-refractivity contribution in [3.8, 4) is 0 Å². The van der Waals surface area contributed by atoms with E-state index in [-0.39, 0.29) is 6.61 Å². The van der Waals surface area contributed by atoms with E-state index in [2.05, 4.69) is 37.9 Å². The molecule has 0 aromatic carbocycles. The molecule has 2 N–H and O–H groups in total. The van der Waals surface area contributed by atoms with Gasteiger partial charge in [-0.25, -0.2) is 0 Å². The summed E-state index contributed by atoms with van der Waals surface area (Å²) in [5, 5.41) is 13.0. The fourth-order valence-electron chi connectivity index (χ4n) is 3.75. The summed E-state index contributed by atoms with van der Waals surface area (Å²) in [6.45, 7) is 13.6. The van der Waals surface area contributed by atoms with Crippen LogP contribution in [0.5, 0.6) is 0 Å². The van der Waals surface area contributed by atoms with Crippen molar-refractivity contribution >= 4 is 0 Å². The van der Waals surface area contributed by atoms with Crippen LogP contribution in [0.4, 0.5) is 0 Å². The average Bonchev–Trinajstić information content (AvgIpc) is 2.37. The minimum absolute atomic E-state index is 0.281. The SMILES string of the molecule is CCCN(CCO)CC1(CNC(C)C)CCCC(C)C1. The van der Waals surface area contributed by atoms with Gasteiger partial charge < -0.3 is 15.3 Å². The van der Waals surface area contributed by atoms with Gasteiger partial charge in [0, 0.05) is 25.7 Å². The van der Waals surface area contributed by atoms with E-state index in [1.54, 1.807) is 0 Å². The first-order valence-electron chi connectivity index (χ1n) is 8.58. The van der Waals surface area contributed by atoms with E-state index < -0.39 is 0 Å². The Kier molecular flexibility index (Phi) is 8.08. The van der Waals surface area contributed by atoms with E-state index in [0.717, 1.165) is 32.1 Å². The number of rotatable bonds is 9. The van der Waals surface area contributed by atoms with Crippen LogP contribution < -0.4 is 5.32 Å². The minimum Gasteiger partial charge on any atom is -0.395 e. The third-order valence-electron chi connectivity index (χ3n) is 4.59. The second-order valence-electron chi connectivity index (χ2n) is 7.24. The van der Waals surface area contributed by atoms with Gasteiger partial charge in [-0.2, -0.15) is 0 Å². The number of hydrogen-bond acceptors (Lipinski definition) is 3. The fraction of sp³-hybridized carbons (Fsp3) is 1.00. The molecular formula is C17H36N2O. The highest BCUT2D eigenvalue weighted by Gasteiger charge is 2.36. The van der Waals surface area contributed by atoms with Crippen molar-refractivity contribution < 1.29 is 5.11 Å². The summed E-state index contributed by atoms with van der Waals surface area (Å²) in [5.41, 5.74) is 0.409. The molecule has 20 heavy (non-hydrogen) atoms. The summed E-state index contributed by atoms with van der Waals surface area (Å²) in [7, 11) is 0. The van der Waals surface area contributed by atoms with Crippen LogP contribution in [-0.2, 0) is 0 Å². The maximum absolute atomic E-state index is 9.29. The molecule has 2 atom stereocenters. The topological polar surface area (TPSA) is 35.5 Å². The van der Waals surface area contributed by atoms with E-state index >= 15 is 0 Å². The van der Waals surface area contributed by atoms with Gasteiger partial charge in [0.05, 0.1) is 6.61 Å². The van der Waals surface area contributed by atoms with Crippen LogP contribution in [0, 0.1) is 11.3 Å². The van der Waals surface area contributed by atoms with Crippen molar-refractivity contribution in [1.82, 2.24) is 10.2 Å². The van der Waals surface area contributed by atoms with Gasteiger partial charge in [0.1, 0.15) is 0 Å². The molecule has 0 radical (unpaired) electrons. The first-order chi connectivity index (χ1) is 9.51.